The van der Waals surface area contributed by atoms with Crippen LogP contribution in [0.15, 0.2) is 24.3 Å². The van der Waals surface area contributed by atoms with Gasteiger partial charge in [0.2, 0.25) is 6.10 Å². The van der Waals surface area contributed by atoms with E-state index in [0.29, 0.717) is 28.6 Å². The third-order valence-corrected chi connectivity index (χ3v) is 4.75. The lowest BCUT2D eigenvalue weighted by Crippen LogP contribution is -2.55. The summed E-state index contributed by atoms with van der Waals surface area (Å²) in [4.78, 5) is 12.2. The Morgan fingerprint density at radius 1 is 1.17 bits per heavy atom. The van der Waals surface area contributed by atoms with Crippen LogP contribution < -0.4 is 25.6 Å². The summed E-state index contributed by atoms with van der Waals surface area (Å²) in [5.41, 5.74) is 5.35. The van der Waals surface area contributed by atoms with Gasteiger partial charge in [-0.1, -0.05) is 31.9 Å². The lowest BCUT2D eigenvalue weighted by Gasteiger charge is -2.31. The molecule has 0 spiro atoms. The van der Waals surface area contributed by atoms with Gasteiger partial charge in [0.1, 0.15) is 6.61 Å². The van der Waals surface area contributed by atoms with Gasteiger partial charge < -0.3 is 14.8 Å². The summed E-state index contributed by atoms with van der Waals surface area (Å²) in [5.74, 6) is 1.49. The van der Waals surface area contributed by atoms with E-state index in [9.17, 15) is 4.79 Å². The average molecular weight is 349 g/mol. The Balaban J connectivity index is 1.45. The third kappa shape index (κ3) is 4.08. The van der Waals surface area contributed by atoms with E-state index in [1.54, 1.807) is 6.07 Å². The van der Waals surface area contributed by atoms with Crippen LogP contribution in [0.5, 0.6) is 11.5 Å². The lowest BCUT2D eigenvalue weighted by molar-refractivity contribution is -0.130. The number of nitrogens with one attached hydrogen (secondary N) is 3. The second kappa shape index (κ2) is 7.70. The molecule has 2 aliphatic rings. The normalized spacial score (nSPS) is 25.5. The molecule has 3 atom stereocenters. The molecule has 1 aliphatic heterocycles. The van der Waals surface area contributed by atoms with Crippen molar-refractivity contribution in [2.45, 2.75) is 44.8 Å². The van der Waals surface area contributed by atoms with Crippen LogP contribution in [0, 0.1) is 5.92 Å². The van der Waals surface area contributed by atoms with Gasteiger partial charge >= 0.3 is 0 Å². The van der Waals surface area contributed by atoms with Crippen LogP contribution in [0.1, 0.15) is 32.6 Å². The standard InChI is InChI=1S/C17H23N3O3S/c1-11-6-2-3-7-12(11)18-17(24)20-19-16(21)15-10-22-13-8-4-5-9-14(13)23-15/h4-5,8-9,11-12,15H,2-3,6-7,10H2,1H3,(H,19,21)(H2,18,20,24). The van der Waals surface area contributed by atoms with Gasteiger partial charge in [-0.3, -0.25) is 15.6 Å². The number of carbonyl (C=O) groups excluding carboxylic acids is 1. The minimum absolute atomic E-state index is 0.171. The summed E-state index contributed by atoms with van der Waals surface area (Å²) < 4.78 is 11.2. The maximum absolute atomic E-state index is 12.2. The molecule has 6 nitrogen and oxygen atoms in total. The van der Waals surface area contributed by atoms with Crippen molar-refractivity contribution >= 4 is 23.2 Å². The van der Waals surface area contributed by atoms with Crippen molar-refractivity contribution in [1.82, 2.24) is 16.2 Å². The molecule has 3 rings (SSSR count). The molecule has 1 heterocycles. The molecule has 0 aromatic heterocycles. The summed E-state index contributed by atoms with van der Waals surface area (Å²) in [6, 6.07) is 7.65. The van der Waals surface area contributed by atoms with Crippen LogP contribution in [-0.2, 0) is 4.79 Å². The van der Waals surface area contributed by atoms with E-state index in [1.165, 1.54) is 19.3 Å². The molecule has 0 bridgehead atoms. The fraction of sp³-hybridized carbons (Fsp3) is 0.529. The zero-order valence-electron chi connectivity index (χ0n) is 13.7. The number of hydrogen-bond donors (Lipinski definition) is 3. The number of benzene rings is 1. The first-order valence-corrected chi connectivity index (χ1v) is 8.79. The van der Waals surface area contributed by atoms with Crippen molar-refractivity contribution in [3.63, 3.8) is 0 Å². The van der Waals surface area contributed by atoms with E-state index in [0.717, 1.165) is 6.42 Å². The molecule has 1 saturated carbocycles. The molecule has 3 unspecified atom stereocenters. The SMILES string of the molecule is CC1CCCCC1NC(=S)NNC(=O)C1COc2ccccc2O1. The summed E-state index contributed by atoms with van der Waals surface area (Å²) in [7, 11) is 0. The number of hydrazine groups is 1. The van der Waals surface area contributed by atoms with Gasteiger partial charge in [0.25, 0.3) is 5.91 Å². The van der Waals surface area contributed by atoms with Crippen LogP contribution in [-0.4, -0.2) is 29.8 Å². The number of fused-ring (bicyclic) bond motifs is 1. The number of ether oxygens (including phenoxy) is 2. The van der Waals surface area contributed by atoms with Crippen LogP contribution >= 0.6 is 12.2 Å². The molecule has 3 N–H and O–H groups in total. The molecule has 1 aliphatic carbocycles. The third-order valence-electron chi connectivity index (χ3n) is 4.53. The van der Waals surface area contributed by atoms with E-state index in [-0.39, 0.29) is 12.5 Å². The molecule has 1 aromatic rings. The zero-order valence-corrected chi connectivity index (χ0v) is 14.5. The predicted molar refractivity (Wildman–Crippen MR) is 94.8 cm³/mol. The van der Waals surface area contributed by atoms with Gasteiger partial charge in [0, 0.05) is 6.04 Å². The van der Waals surface area contributed by atoms with Crippen molar-refractivity contribution in [2.24, 2.45) is 5.92 Å². The van der Waals surface area contributed by atoms with Crippen LogP contribution in [0.4, 0.5) is 0 Å². The van der Waals surface area contributed by atoms with Gasteiger partial charge in [0.05, 0.1) is 0 Å². The van der Waals surface area contributed by atoms with Crippen LogP contribution in [0.25, 0.3) is 0 Å². The van der Waals surface area contributed by atoms with E-state index in [1.807, 2.05) is 18.2 Å². The molecule has 0 saturated heterocycles. The van der Waals surface area contributed by atoms with Crippen molar-refractivity contribution < 1.29 is 14.3 Å². The molecule has 7 heteroatoms. The smallest absolute Gasteiger partial charge is 0.283 e. The minimum Gasteiger partial charge on any atom is -0.485 e. The van der Waals surface area contributed by atoms with E-state index >= 15 is 0 Å². The van der Waals surface area contributed by atoms with Gasteiger partial charge in [-0.05, 0) is 43.1 Å². The maximum atomic E-state index is 12.2. The van der Waals surface area contributed by atoms with E-state index < -0.39 is 6.10 Å². The Labute approximate surface area is 147 Å². The van der Waals surface area contributed by atoms with Gasteiger partial charge in [0.15, 0.2) is 16.6 Å². The second-order valence-electron chi connectivity index (χ2n) is 6.32. The molecule has 1 aromatic carbocycles. The summed E-state index contributed by atoms with van der Waals surface area (Å²) in [5, 5.41) is 3.71. The Morgan fingerprint density at radius 2 is 1.92 bits per heavy atom. The maximum Gasteiger partial charge on any atom is 0.283 e. The largest absolute Gasteiger partial charge is 0.485 e. The van der Waals surface area contributed by atoms with E-state index in [2.05, 4.69) is 23.1 Å². The van der Waals surface area contributed by atoms with Crippen LogP contribution in [0.2, 0.25) is 0 Å². The Bertz CT molecular complexity index is 610. The van der Waals surface area contributed by atoms with E-state index in [4.69, 9.17) is 21.7 Å². The highest BCUT2D eigenvalue weighted by Gasteiger charge is 2.27. The first-order chi connectivity index (χ1) is 11.6. The van der Waals surface area contributed by atoms with Gasteiger partial charge in [-0.15, -0.1) is 0 Å². The Hall–Kier alpha value is -2.02. The monoisotopic (exact) mass is 349 g/mol. The fourth-order valence-corrected chi connectivity index (χ4v) is 3.29. The Morgan fingerprint density at radius 3 is 2.71 bits per heavy atom. The minimum atomic E-state index is -0.705. The summed E-state index contributed by atoms with van der Waals surface area (Å²) in [6.45, 7) is 2.40. The molecular weight excluding hydrogens is 326 g/mol. The van der Waals surface area contributed by atoms with Crippen molar-refractivity contribution in [3.8, 4) is 11.5 Å². The fourth-order valence-electron chi connectivity index (χ4n) is 3.08. The first kappa shape index (κ1) is 16.8. The molecule has 1 amide bonds. The molecule has 0 radical (unpaired) electrons. The van der Waals surface area contributed by atoms with Gasteiger partial charge in [-0.25, -0.2) is 0 Å². The first-order valence-electron chi connectivity index (χ1n) is 8.38. The number of carbonyl (C=O) groups is 1. The highest BCUT2D eigenvalue weighted by Crippen LogP contribution is 2.30. The highest BCUT2D eigenvalue weighted by atomic mass is 32.1. The lowest BCUT2D eigenvalue weighted by atomic mass is 9.86. The number of amides is 1. The molecule has 24 heavy (non-hydrogen) atoms. The summed E-state index contributed by atoms with van der Waals surface area (Å²) in [6.07, 6.45) is 4.09. The predicted octanol–water partition coefficient (Wildman–Crippen LogP) is 1.90. The van der Waals surface area contributed by atoms with Crippen LogP contribution in [0.3, 0.4) is 0 Å². The van der Waals surface area contributed by atoms with Crippen molar-refractivity contribution in [3.05, 3.63) is 24.3 Å². The quantitative estimate of drug-likeness (QED) is 0.560. The second-order valence-corrected chi connectivity index (χ2v) is 6.73. The molecule has 1 fully saturated rings. The number of hydrogen-bond acceptors (Lipinski definition) is 4. The number of para-hydroxylation sites is 2. The Kier molecular flexibility index (Phi) is 5.40. The number of thiocarbonyl (C=S) groups is 1. The number of rotatable bonds is 2. The molecule has 130 valence electrons. The topological polar surface area (TPSA) is 71.6 Å². The summed E-state index contributed by atoms with van der Waals surface area (Å²) >= 11 is 5.26. The van der Waals surface area contributed by atoms with Crippen molar-refractivity contribution in [2.75, 3.05) is 6.61 Å². The average Bonchev–Trinajstić information content (AvgIpc) is 2.61. The highest BCUT2D eigenvalue weighted by molar-refractivity contribution is 7.80. The van der Waals surface area contributed by atoms with Gasteiger partial charge in [-0.2, -0.15) is 0 Å². The molecular formula is C17H23N3O3S. The van der Waals surface area contributed by atoms with Crippen molar-refractivity contribution in [1.29, 1.82) is 0 Å². The zero-order chi connectivity index (χ0) is 16.9.